The first kappa shape index (κ1) is 11.3. The molecule has 0 aliphatic heterocycles. The second-order valence-electron chi connectivity index (χ2n) is 3.33. The van der Waals surface area contributed by atoms with E-state index in [-0.39, 0.29) is 5.75 Å². The molecule has 0 bridgehead atoms. The Hall–Kier alpha value is -1.76. The maximum Gasteiger partial charge on any atom is 0.207 e. The molecule has 0 amide bonds. The topological polar surface area (TPSA) is 53.2 Å². The second kappa shape index (κ2) is 4.18. The van der Waals surface area contributed by atoms with E-state index in [0.29, 0.717) is 11.1 Å². The summed E-state index contributed by atoms with van der Waals surface area (Å²) in [4.78, 5) is 0. The molecule has 0 radical (unpaired) electrons. The molecule has 15 heavy (non-hydrogen) atoms. The molecule has 0 fully saturated rings. The minimum atomic E-state index is -0.811. The number of nitrogens with zero attached hydrogens (tertiary/aromatic N) is 1. The Balaban J connectivity index is 3.46. The molecule has 1 atom stereocenters. The molecule has 0 spiro atoms. The van der Waals surface area contributed by atoms with E-state index in [1.807, 2.05) is 6.07 Å². The van der Waals surface area contributed by atoms with Gasteiger partial charge in [0, 0.05) is 5.56 Å². The van der Waals surface area contributed by atoms with Gasteiger partial charge in [0.15, 0.2) is 11.5 Å². The lowest BCUT2D eigenvalue weighted by atomic mass is 9.98. The monoisotopic (exact) mass is 209 g/mol. The summed E-state index contributed by atoms with van der Waals surface area (Å²) in [5.41, 5.74) is 0.846. The van der Waals surface area contributed by atoms with Crippen LogP contribution in [0.5, 0.6) is 11.5 Å². The summed E-state index contributed by atoms with van der Waals surface area (Å²) in [7, 11) is 1.31. The van der Waals surface area contributed by atoms with Crippen LogP contribution in [0.2, 0.25) is 0 Å². The fourth-order valence-electron chi connectivity index (χ4n) is 1.37. The van der Waals surface area contributed by atoms with Gasteiger partial charge in [-0.05, 0) is 25.5 Å². The van der Waals surface area contributed by atoms with E-state index in [4.69, 9.17) is 10.00 Å². The molecule has 1 aromatic rings. The van der Waals surface area contributed by atoms with Crippen LogP contribution in [0.3, 0.4) is 0 Å². The van der Waals surface area contributed by atoms with Gasteiger partial charge in [-0.2, -0.15) is 9.65 Å². The molecule has 0 heterocycles. The van der Waals surface area contributed by atoms with Crippen molar-refractivity contribution in [2.45, 2.75) is 19.8 Å². The number of halogens is 1. The first-order chi connectivity index (χ1) is 7.02. The number of hydrogen-bond donors (Lipinski definition) is 1. The Labute approximate surface area is 87.7 Å². The van der Waals surface area contributed by atoms with Crippen LogP contribution in [0.15, 0.2) is 6.07 Å². The van der Waals surface area contributed by atoms with Gasteiger partial charge in [0.2, 0.25) is 5.82 Å². The first-order valence-electron chi connectivity index (χ1n) is 4.48. The third kappa shape index (κ3) is 1.86. The molecule has 0 aliphatic carbocycles. The van der Waals surface area contributed by atoms with Gasteiger partial charge in [0.25, 0.3) is 0 Å². The van der Waals surface area contributed by atoms with Gasteiger partial charge in [0.05, 0.1) is 19.1 Å². The zero-order valence-corrected chi connectivity index (χ0v) is 8.84. The van der Waals surface area contributed by atoms with Crippen molar-refractivity contribution < 1.29 is 14.2 Å². The first-order valence-corrected chi connectivity index (χ1v) is 4.48. The summed E-state index contributed by atoms with van der Waals surface area (Å²) < 4.78 is 18.4. The summed E-state index contributed by atoms with van der Waals surface area (Å²) in [6, 6.07) is 3.56. The molecule has 1 N–H and O–H groups in total. The zero-order valence-electron chi connectivity index (χ0n) is 8.84. The maximum atomic E-state index is 13.5. The minimum absolute atomic E-state index is 0.0628. The number of benzene rings is 1. The van der Waals surface area contributed by atoms with Gasteiger partial charge in [-0.3, -0.25) is 0 Å². The average molecular weight is 209 g/mol. The van der Waals surface area contributed by atoms with E-state index in [1.165, 1.54) is 7.11 Å². The Bertz CT molecular complexity index is 424. The molecule has 1 aromatic carbocycles. The van der Waals surface area contributed by atoms with Crippen molar-refractivity contribution in [3.63, 3.8) is 0 Å². The van der Waals surface area contributed by atoms with E-state index in [1.54, 1.807) is 19.9 Å². The summed E-state index contributed by atoms with van der Waals surface area (Å²) >= 11 is 0. The SMILES string of the molecule is COc1c(C(C)C#N)cc(C)c(O)c1F. The molecule has 0 aliphatic rings. The van der Waals surface area contributed by atoms with Gasteiger partial charge in [-0.25, -0.2) is 0 Å². The Morgan fingerprint density at radius 1 is 1.60 bits per heavy atom. The van der Waals surface area contributed by atoms with Crippen molar-refractivity contribution in [3.8, 4) is 17.6 Å². The third-order valence-electron chi connectivity index (χ3n) is 2.28. The molecule has 4 heteroatoms. The molecule has 0 aromatic heterocycles. The van der Waals surface area contributed by atoms with E-state index in [9.17, 15) is 9.50 Å². The maximum absolute atomic E-state index is 13.5. The Morgan fingerprint density at radius 2 is 2.20 bits per heavy atom. The van der Waals surface area contributed by atoms with Crippen molar-refractivity contribution in [2.24, 2.45) is 0 Å². The standard InChI is InChI=1S/C11H12FNO2/c1-6-4-8(7(2)5-13)11(15-3)9(12)10(6)14/h4,7,14H,1-3H3. The number of rotatable bonds is 2. The third-order valence-corrected chi connectivity index (χ3v) is 2.28. The van der Waals surface area contributed by atoms with E-state index >= 15 is 0 Å². The lowest BCUT2D eigenvalue weighted by Crippen LogP contribution is -2.00. The van der Waals surface area contributed by atoms with Crippen LogP contribution in [-0.2, 0) is 0 Å². The number of aryl methyl sites for hydroxylation is 1. The van der Waals surface area contributed by atoms with Crippen LogP contribution in [0, 0.1) is 24.1 Å². The number of phenols is 1. The van der Waals surface area contributed by atoms with Gasteiger partial charge in [-0.15, -0.1) is 0 Å². The number of ether oxygens (including phenoxy) is 1. The quantitative estimate of drug-likeness (QED) is 0.814. The number of nitriles is 1. The van der Waals surface area contributed by atoms with Crippen LogP contribution >= 0.6 is 0 Å². The van der Waals surface area contributed by atoms with Gasteiger partial charge >= 0.3 is 0 Å². The minimum Gasteiger partial charge on any atom is -0.505 e. The fourth-order valence-corrected chi connectivity index (χ4v) is 1.37. The van der Waals surface area contributed by atoms with Crippen LogP contribution in [-0.4, -0.2) is 12.2 Å². The molecule has 0 saturated heterocycles. The molecule has 1 rings (SSSR count). The molecular formula is C11H12FNO2. The van der Waals surface area contributed by atoms with Crippen molar-refractivity contribution >= 4 is 0 Å². The van der Waals surface area contributed by atoms with Crippen LogP contribution in [0.1, 0.15) is 24.0 Å². The summed E-state index contributed by atoms with van der Waals surface area (Å²) in [6.45, 7) is 3.22. The van der Waals surface area contributed by atoms with Crippen molar-refractivity contribution in [1.29, 1.82) is 5.26 Å². The van der Waals surface area contributed by atoms with E-state index in [0.717, 1.165) is 0 Å². The predicted molar refractivity (Wildman–Crippen MR) is 53.4 cm³/mol. The lowest BCUT2D eigenvalue weighted by molar-refractivity contribution is 0.358. The van der Waals surface area contributed by atoms with E-state index in [2.05, 4.69) is 0 Å². The highest BCUT2D eigenvalue weighted by atomic mass is 19.1. The number of methoxy groups -OCH3 is 1. The molecular weight excluding hydrogens is 197 g/mol. The molecule has 3 nitrogen and oxygen atoms in total. The summed E-state index contributed by atoms with van der Waals surface area (Å²) in [5, 5.41) is 18.1. The van der Waals surface area contributed by atoms with Crippen molar-refractivity contribution in [2.75, 3.05) is 7.11 Å². The van der Waals surface area contributed by atoms with Gasteiger partial charge in [0.1, 0.15) is 0 Å². The Kier molecular flexibility index (Phi) is 3.15. The number of aromatic hydroxyl groups is 1. The highest BCUT2D eigenvalue weighted by Crippen LogP contribution is 2.36. The smallest absolute Gasteiger partial charge is 0.207 e. The van der Waals surface area contributed by atoms with Crippen molar-refractivity contribution in [1.82, 2.24) is 0 Å². The highest BCUT2D eigenvalue weighted by Gasteiger charge is 2.20. The van der Waals surface area contributed by atoms with Gasteiger partial charge in [-0.1, -0.05) is 0 Å². The molecule has 0 saturated carbocycles. The molecule has 1 unspecified atom stereocenters. The van der Waals surface area contributed by atoms with Crippen LogP contribution in [0.25, 0.3) is 0 Å². The second-order valence-corrected chi connectivity index (χ2v) is 3.33. The van der Waals surface area contributed by atoms with E-state index < -0.39 is 17.5 Å². The molecule has 80 valence electrons. The number of hydrogen-bond acceptors (Lipinski definition) is 3. The summed E-state index contributed by atoms with van der Waals surface area (Å²) in [6.07, 6.45) is 0. The summed E-state index contributed by atoms with van der Waals surface area (Å²) in [5.74, 6) is -1.78. The number of phenolic OH excluding ortho intramolecular Hbond substituents is 1. The normalized spacial score (nSPS) is 11.9. The van der Waals surface area contributed by atoms with Crippen molar-refractivity contribution in [3.05, 3.63) is 23.0 Å². The van der Waals surface area contributed by atoms with Crippen LogP contribution in [0.4, 0.5) is 4.39 Å². The fraction of sp³-hybridized carbons (Fsp3) is 0.364. The highest BCUT2D eigenvalue weighted by molar-refractivity contribution is 5.49. The average Bonchev–Trinajstić information content (AvgIpc) is 2.24. The largest absolute Gasteiger partial charge is 0.505 e. The van der Waals surface area contributed by atoms with Gasteiger partial charge < -0.3 is 9.84 Å². The van der Waals surface area contributed by atoms with Crippen LogP contribution < -0.4 is 4.74 Å². The zero-order chi connectivity index (χ0) is 11.6. The Morgan fingerprint density at radius 3 is 2.67 bits per heavy atom. The predicted octanol–water partition coefficient (Wildman–Crippen LogP) is 2.48. The lowest BCUT2D eigenvalue weighted by Gasteiger charge is -2.13.